The first-order valence-electron chi connectivity index (χ1n) is 8.38. The second kappa shape index (κ2) is 6.84. The Balaban J connectivity index is 1.79. The highest BCUT2D eigenvalue weighted by atomic mass is 32.1. The average molecular weight is 365 g/mol. The Morgan fingerprint density at radius 2 is 2.12 bits per heavy atom. The molecule has 4 heterocycles. The van der Waals surface area contributed by atoms with Crippen molar-refractivity contribution >= 4 is 22.7 Å². The number of pyridine rings is 2. The van der Waals surface area contributed by atoms with Gasteiger partial charge in [0, 0.05) is 38.0 Å². The maximum absolute atomic E-state index is 5.02. The van der Waals surface area contributed by atoms with E-state index >= 15 is 0 Å². The summed E-state index contributed by atoms with van der Waals surface area (Å²) in [4.78, 5) is 22.1. The van der Waals surface area contributed by atoms with Gasteiger partial charge in [0.2, 0.25) is 0 Å². The van der Waals surface area contributed by atoms with E-state index in [4.69, 9.17) is 14.8 Å². The summed E-state index contributed by atoms with van der Waals surface area (Å²) in [5.41, 5.74) is 5.74. The fourth-order valence-electron chi connectivity index (χ4n) is 3.06. The van der Waals surface area contributed by atoms with Crippen molar-refractivity contribution in [2.45, 2.75) is 13.3 Å². The van der Waals surface area contributed by atoms with E-state index in [0.717, 1.165) is 56.9 Å². The van der Waals surface area contributed by atoms with Gasteiger partial charge >= 0.3 is 0 Å². The van der Waals surface area contributed by atoms with Crippen LogP contribution >= 0.6 is 11.3 Å². The molecule has 0 aliphatic carbocycles. The van der Waals surface area contributed by atoms with E-state index in [1.54, 1.807) is 24.6 Å². The number of hydrogen-bond acceptors (Lipinski definition) is 7. The Hall–Kier alpha value is -2.80. The Morgan fingerprint density at radius 3 is 2.88 bits per heavy atom. The number of nitrogens with zero attached hydrogens (tertiary/aromatic N) is 5. The van der Waals surface area contributed by atoms with Gasteiger partial charge in [-0.25, -0.2) is 9.97 Å². The molecular weight excluding hydrogens is 346 g/mol. The minimum atomic E-state index is 0.816. The van der Waals surface area contributed by atoms with E-state index in [1.807, 2.05) is 25.3 Å². The number of aryl methyl sites for hydroxylation is 1. The summed E-state index contributed by atoms with van der Waals surface area (Å²) in [6, 6.07) is 8.10. The third-order valence-corrected chi connectivity index (χ3v) is 5.61. The Morgan fingerprint density at radius 1 is 1.23 bits per heavy atom. The summed E-state index contributed by atoms with van der Waals surface area (Å²) >= 11 is 1.63. The van der Waals surface area contributed by atoms with E-state index in [0.29, 0.717) is 0 Å². The lowest BCUT2D eigenvalue weighted by molar-refractivity contribution is 0.212. The monoisotopic (exact) mass is 365 g/mol. The molecule has 1 aliphatic rings. The van der Waals surface area contributed by atoms with Crippen molar-refractivity contribution in [2.24, 2.45) is 5.16 Å². The highest BCUT2D eigenvalue weighted by molar-refractivity contribution is 7.18. The van der Waals surface area contributed by atoms with Crippen LogP contribution in [0.5, 0.6) is 0 Å². The van der Waals surface area contributed by atoms with Crippen molar-refractivity contribution in [1.82, 2.24) is 15.0 Å². The summed E-state index contributed by atoms with van der Waals surface area (Å²) in [6.45, 7) is 2.92. The highest BCUT2D eigenvalue weighted by Gasteiger charge is 2.23. The van der Waals surface area contributed by atoms with E-state index in [-0.39, 0.29) is 0 Å². The summed E-state index contributed by atoms with van der Waals surface area (Å²) in [7, 11) is 3.64. The standard InChI is InChI=1S/C19H19N5OS/c1-12-18(26-19(21-12)13-5-4-9-20-11-13)15-6-7-16-17(22-15)14(23-25-3)8-10-24(16)2/h4-7,9,11H,8,10H2,1-3H3. The number of rotatable bonds is 3. The van der Waals surface area contributed by atoms with Crippen LogP contribution < -0.4 is 4.90 Å². The first-order valence-corrected chi connectivity index (χ1v) is 9.20. The summed E-state index contributed by atoms with van der Waals surface area (Å²) in [6.07, 6.45) is 4.42. The molecule has 3 aromatic heterocycles. The normalized spacial score (nSPS) is 15.2. The molecule has 0 atom stereocenters. The van der Waals surface area contributed by atoms with Crippen LogP contribution in [0.4, 0.5) is 5.69 Å². The third-order valence-electron chi connectivity index (χ3n) is 4.38. The van der Waals surface area contributed by atoms with E-state index in [2.05, 4.69) is 34.2 Å². The lowest BCUT2D eigenvalue weighted by atomic mass is 10.0. The largest absolute Gasteiger partial charge is 0.399 e. The molecule has 0 fully saturated rings. The van der Waals surface area contributed by atoms with Gasteiger partial charge in [-0.3, -0.25) is 4.98 Å². The smallest absolute Gasteiger partial charge is 0.125 e. The molecule has 0 aromatic carbocycles. The molecule has 0 radical (unpaired) electrons. The van der Waals surface area contributed by atoms with Crippen molar-refractivity contribution < 1.29 is 4.84 Å². The van der Waals surface area contributed by atoms with Gasteiger partial charge in [0.25, 0.3) is 0 Å². The van der Waals surface area contributed by atoms with Crippen molar-refractivity contribution in [1.29, 1.82) is 0 Å². The number of hydrogen-bond donors (Lipinski definition) is 0. The minimum Gasteiger partial charge on any atom is -0.399 e. The van der Waals surface area contributed by atoms with Gasteiger partial charge in [0.1, 0.15) is 23.5 Å². The minimum absolute atomic E-state index is 0.816. The quantitative estimate of drug-likeness (QED) is 0.661. The molecule has 0 saturated carbocycles. The molecule has 7 heteroatoms. The number of anilines is 1. The summed E-state index contributed by atoms with van der Waals surface area (Å²) in [5.74, 6) is 0. The SMILES string of the molecule is CON=C1CCN(C)c2ccc(-c3sc(-c4cccnc4)nc3C)nc21. The summed E-state index contributed by atoms with van der Waals surface area (Å²) in [5, 5.41) is 5.13. The van der Waals surface area contributed by atoms with E-state index in [9.17, 15) is 0 Å². The Bertz CT molecular complexity index is 967. The highest BCUT2D eigenvalue weighted by Crippen LogP contribution is 2.36. The van der Waals surface area contributed by atoms with Crippen LogP contribution in [0.2, 0.25) is 0 Å². The average Bonchev–Trinajstić information content (AvgIpc) is 3.06. The van der Waals surface area contributed by atoms with Gasteiger partial charge in [0.15, 0.2) is 0 Å². The first kappa shape index (κ1) is 16.7. The molecule has 6 nitrogen and oxygen atoms in total. The fourth-order valence-corrected chi connectivity index (χ4v) is 4.08. The molecule has 0 bridgehead atoms. The zero-order chi connectivity index (χ0) is 18.1. The molecule has 0 amide bonds. The second-order valence-corrected chi connectivity index (χ2v) is 7.13. The predicted octanol–water partition coefficient (Wildman–Crippen LogP) is 3.77. The van der Waals surface area contributed by atoms with Crippen LogP contribution in [-0.2, 0) is 4.84 Å². The lowest BCUT2D eigenvalue weighted by Crippen LogP contribution is -2.29. The van der Waals surface area contributed by atoms with Gasteiger partial charge in [-0.15, -0.1) is 11.3 Å². The van der Waals surface area contributed by atoms with Crippen molar-refractivity contribution in [2.75, 3.05) is 25.6 Å². The second-order valence-electron chi connectivity index (χ2n) is 6.13. The molecular formula is C19H19N5OS. The van der Waals surface area contributed by atoms with Crippen LogP contribution in [0.3, 0.4) is 0 Å². The van der Waals surface area contributed by atoms with E-state index < -0.39 is 0 Å². The molecule has 132 valence electrons. The van der Waals surface area contributed by atoms with Gasteiger partial charge in [0.05, 0.1) is 22.0 Å². The Labute approximate surface area is 156 Å². The molecule has 26 heavy (non-hydrogen) atoms. The number of oxime groups is 1. The molecule has 3 aromatic rings. The number of fused-ring (bicyclic) bond motifs is 1. The third kappa shape index (κ3) is 2.94. The van der Waals surface area contributed by atoms with Crippen molar-refractivity contribution in [3.05, 3.63) is 48.0 Å². The molecule has 0 N–H and O–H groups in total. The molecule has 1 aliphatic heterocycles. The molecule has 0 saturated heterocycles. The van der Waals surface area contributed by atoms with Crippen LogP contribution in [0.15, 0.2) is 41.8 Å². The van der Waals surface area contributed by atoms with Gasteiger partial charge in [-0.1, -0.05) is 5.16 Å². The first-order chi connectivity index (χ1) is 12.7. The number of thiazole rings is 1. The summed E-state index contributed by atoms with van der Waals surface area (Å²) < 4.78 is 0. The van der Waals surface area contributed by atoms with Gasteiger partial charge < -0.3 is 9.74 Å². The zero-order valence-corrected chi connectivity index (χ0v) is 15.7. The fraction of sp³-hybridized carbons (Fsp3) is 0.263. The van der Waals surface area contributed by atoms with E-state index in [1.165, 1.54) is 0 Å². The topological polar surface area (TPSA) is 63.5 Å². The predicted molar refractivity (Wildman–Crippen MR) is 105 cm³/mol. The van der Waals surface area contributed by atoms with Crippen molar-refractivity contribution in [3.63, 3.8) is 0 Å². The molecule has 0 unspecified atom stereocenters. The van der Waals surface area contributed by atoms with Gasteiger partial charge in [-0.2, -0.15) is 0 Å². The molecule has 4 rings (SSSR count). The Kier molecular flexibility index (Phi) is 4.38. The van der Waals surface area contributed by atoms with Crippen LogP contribution in [-0.4, -0.2) is 41.4 Å². The lowest BCUT2D eigenvalue weighted by Gasteiger charge is -2.27. The van der Waals surface area contributed by atoms with Crippen molar-refractivity contribution in [3.8, 4) is 21.1 Å². The maximum atomic E-state index is 5.02. The van der Waals surface area contributed by atoms with Crippen LogP contribution in [0.1, 0.15) is 17.8 Å². The number of aromatic nitrogens is 3. The van der Waals surface area contributed by atoms with Gasteiger partial charge in [-0.05, 0) is 31.2 Å². The molecule has 0 spiro atoms. The van der Waals surface area contributed by atoms with Crippen LogP contribution in [0, 0.1) is 6.92 Å². The zero-order valence-electron chi connectivity index (χ0n) is 14.9. The van der Waals surface area contributed by atoms with Crippen LogP contribution in [0.25, 0.3) is 21.1 Å². The maximum Gasteiger partial charge on any atom is 0.125 e.